The van der Waals surface area contributed by atoms with Crippen LogP contribution in [0.25, 0.3) is 0 Å². The Balaban J connectivity index is 1.75. The molecule has 0 saturated carbocycles. The van der Waals surface area contributed by atoms with E-state index in [1.807, 2.05) is 0 Å². The van der Waals surface area contributed by atoms with E-state index in [-0.39, 0.29) is 56.8 Å². The molecule has 452 valence electrons. The Labute approximate surface area is 466 Å². The number of hydrogen-bond acceptors (Lipinski definition) is 19. The van der Waals surface area contributed by atoms with Gasteiger partial charge in [0.15, 0.2) is 0 Å². The van der Waals surface area contributed by atoms with Gasteiger partial charge < -0.3 is 88.7 Å². The Kier molecular flexibility index (Phi) is 27.3. The summed E-state index contributed by atoms with van der Waals surface area (Å²) in [4.78, 5) is 114. The third kappa shape index (κ3) is 19.0. The van der Waals surface area contributed by atoms with Crippen LogP contribution in [0.1, 0.15) is 136 Å². The van der Waals surface area contributed by atoms with Crippen molar-refractivity contribution in [3.63, 3.8) is 0 Å². The first-order chi connectivity index (χ1) is 38.0. The molecular formula is C53H89N11O16. The molecule has 0 radical (unpaired) electrons. The maximum atomic E-state index is 14.6. The molecule has 0 aromatic heterocycles. The van der Waals surface area contributed by atoms with Gasteiger partial charge in [-0.05, 0) is 81.5 Å². The summed E-state index contributed by atoms with van der Waals surface area (Å²) in [5.41, 5.74) is 11.4. The topological polar surface area (TPSA) is 433 Å². The van der Waals surface area contributed by atoms with Gasteiger partial charge in [0, 0.05) is 32.5 Å². The third-order valence-corrected chi connectivity index (χ3v) is 15.4. The molecule has 1 aromatic carbocycles. The number of phenols is 1. The van der Waals surface area contributed by atoms with Gasteiger partial charge in [-0.25, -0.2) is 5.01 Å². The van der Waals surface area contributed by atoms with Crippen LogP contribution in [0.4, 0.5) is 0 Å². The fourth-order valence-electron chi connectivity index (χ4n) is 10.6. The predicted octanol–water partition coefficient (Wildman–Crippen LogP) is -2.53. The zero-order valence-corrected chi connectivity index (χ0v) is 46.5. The van der Waals surface area contributed by atoms with E-state index >= 15 is 0 Å². The van der Waals surface area contributed by atoms with Crippen LogP contribution in [0, 0.1) is 16.7 Å². The SMILES string of the molecule is CC[C@H](C)C[C@H](C)CCCCCCCCC(=O)N[C@H]1CC[C@@H](O)[C@@H](N(CCN)N=O)NC(=O)[C@@H]2[C@@H](O)CCN2C(=O)[C@@H]([C@@H](O)CCN)NC(=O)[C@H]([C@H](O)[C@@H](O)c2ccc(O)cc2)NC(=O)[C@@H]2C[C@@H](O)CN2C(=O)[C@H]([C@H](C)O)NC1=O. The highest BCUT2D eigenvalue weighted by molar-refractivity contribution is 5.98. The fourth-order valence-corrected chi connectivity index (χ4v) is 10.6. The quantitative estimate of drug-likeness (QED) is 0.0288. The molecule has 80 heavy (non-hydrogen) atoms. The Bertz CT molecular complexity index is 2180. The third-order valence-electron chi connectivity index (χ3n) is 15.4. The number of fused-ring (bicyclic) bond motifs is 2. The number of aromatic hydroxyl groups is 1. The summed E-state index contributed by atoms with van der Waals surface area (Å²) in [6.45, 7) is 6.05. The molecule has 3 aliphatic heterocycles. The van der Waals surface area contributed by atoms with Crippen molar-refractivity contribution in [3.8, 4) is 5.75 Å². The molecule has 17 N–H and O–H groups in total. The lowest BCUT2D eigenvalue weighted by Crippen LogP contribution is -2.65. The van der Waals surface area contributed by atoms with E-state index < -0.39 is 152 Å². The highest BCUT2D eigenvalue weighted by atomic mass is 16.3. The molecule has 0 bridgehead atoms. The average Bonchev–Trinajstić information content (AvgIpc) is 4.05. The van der Waals surface area contributed by atoms with Crippen molar-refractivity contribution < 1.29 is 74.4 Å². The standard InChI is InChI=1S/C53H89N11O16/c1-5-29(2)26-30(3)12-10-8-6-7-9-11-13-40(71)56-35-18-19-39(70)47(64(61-80)25-23-55)60-51(77)44-38(69)21-24-62(44)53(79)42(37(68)20-22-54)58-50(76)43(46(73)45(72)32-14-16-33(66)17-15-32)59-49(75)36-27-34(67)28-63(36)52(78)41(31(4)65)57-48(35)74/h14-17,29-31,34-39,41-47,65-70,72-73H,5-13,18-28,54-55H2,1-4H3,(H,56,71)(H,57,74)(H,58,76)(H,59,75)(H,60,77)/t29-,30+,31-,34+,35-,36-,37-,38-,39+,41-,42+,43-,44-,45-,46-,47+/m0/s1. The molecule has 0 spiro atoms. The van der Waals surface area contributed by atoms with Crippen LogP contribution in [0.5, 0.6) is 5.75 Å². The van der Waals surface area contributed by atoms with Gasteiger partial charge >= 0.3 is 0 Å². The van der Waals surface area contributed by atoms with Crippen molar-refractivity contribution in [2.24, 2.45) is 28.6 Å². The smallest absolute Gasteiger partial charge is 0.248 e. The zero-order valence-electron chi connectivity index (χ0n) is 46.5. The molecule has 27 heteroatoms. The van der Waals surface area contributed by atoms with Crippen LogP contribution in [0.2, 0.25) is 0 Å². The minimum Gasteiger partial charge on any atom is -0.508 e. The van der Waals surface area contributed by atoms with Crippen molar-refractivity contribution in [2.45, 2.75) is 209 Å². The number of nitrogens with two attached hydrogens (primary N) is 2. The Hall–Kier alpha value is -5.65. The summed E-state index contributed by atoms with van der Waals surface area (Å²) in [5, 5.41) is 105. The van der Waals surface area contributed by atoms with Gasteiger partial charge in [-0.3, -0.25) is 33.6 Å². The summed E-state index contributed by atoms with van der Waals surface area (Å²) in [5.74, 6) is -6.69. The maximum absolute atomic E-state index is 14.6. The summed E-state index contributed by atoms with van der Waals surface area (Å²) in [7, 11) is 0. The summed E-state index contributed by atoms with van der Waals surface area (Å²) in [6.07, 6.45) is -8.03. The van der Waals surface area contributed by atoms with Crippen LogP contribution in [-0.2, 0) is 33.6 Å². The Morgan fingerprint density at radius 1 is 0.738 bits per heavy atom. The van der Waals surface area contributed by atoms with Crippen LogP contribution in [-0.4, -0.2) is 209 Å². The monoisotopic (exact) mass is 1140 g/mol. The first-order valence-electron chi connectivity index (χ1n) is 28.1. The molecule has 3 heterocycles. The van der Waals surface area contributed by atoms with Gasteiger partial charge in [-0.1, -0.05) is 77.8 Å². The number of amides is 7. The lowest BCUT2D eigenvalue weighted by atomic mass is 9.91. The number of unbranched alkanes of at least 4 members (excludes halogenated alkanes) is 5. The molecular weight excluding hydrogens is 1050 g/mol. The van der Waals surface area contributed by atoms with E-state index in [0.717, 1.165) is 67.4 Å². The highest BCUT2D eigenvalue weighted by Gasteiger charge is 2.49. The summed E-state index contributed by atoms with van der Waals surface area (Å²) >= 11 is 0. The van der Waals surface area contributed by atoms with Crippen molar-refractivity contribution in [1.82, 2.24) is 41.4 Å². The van der Waals surface area contributed by atoms with E-state index in [4.69, 9.17) is 11.5 Å². The average molecular weight is 1140 g/mol. The highest BCUT2D eigenvalue weighted by Crippen LogP contribution is 2.27. The van der Waals surface area contributed by atoms with Gasteiger partial charge in [0.05, 0.1) is 42.4 Å². The number of nitrogens with one attached hydrogen (secondary N) is 5. The molecule has 4 rings (SSSR count). The van der Waals surface area contributed by atoms with Gasteiger partial charge in [-0.2, -0.15) is 0 Å². The lowest BCUT2D eigenvalue weighted by Gasteiger charge is -2.36. The van der Waals surface area contributed by atoms with Gasteiger partial charge in [0.1, 0.15) is 60.4 Å². The van der Waals surface area contributed by atoms with Gasteiger partial charge in [-0.15, -0.1) is 4.91 Å². The Morgan fingerprint density at radius 3 is 1.99 bits per heavy atom. The predicted molar refractivity (Wildman–Crippen MR) is 289 cm³/mol. The molecule has 0 unspecified atom stereocenters. The van der Waals surface area contributed by atoms with Crippen LogP contribution < -0.4 is 38.1 Å². The second kappa shape index (κ2) is 32.7. The van der Waals surface area contributed by atoms with Crippen molar-refractivity contribution in [2.75, 3.05) is 32.7 Å². The van der Waals surface area contributed by atoms with Crippen LogP contribution >= 0.6 is 0 Å². The number of aliphatic hydroxyl groups is 7. The van der Waals surface area contributed by atoms with E-state index in [1.165, 1.54) is 18.6 Å². The van der Waals surface area contributed by atoms with Gasteiger partial charge in [0.25, 0.3) is 0 Å². The molecule has 3 fully saturated rings. The number of rotatable bonds is 24. The van der Waals surface area contributed by atoms with E-state index in [0.29, 0.717) is 29.7 Å². The summed E-state index contributed by atoms with van der Waals surface area (Å²) in [6, 6.07) is -6.62. The van der Waals surface area contributed by atoms with E-state index in [2.05, 4.69) is 52.6 Å². The molecule has 0 aliphatic carbocycles. The van der Waals surface area contributed by atoms with Crippen molar-refractivity contribution in [1.29, 1.82) is 0 Å². The first-order valence-corrected chi connectivity index (χ1v) is 28.1. The van der Waals surface area contributed by atoms with Crippen LogP contribution in [0.15, 0.2) is 29.6 Å². The molecule has 7 amide bonds. The molecule has 3 saturated heterocycles. The molecule has 27 nitrogen and oxygen atoms in total. The largest absolute Gasteiger partial charge is 0.508 e. The van der Waals surface area contributed by atoms with E-state index in [1.54, 1.807) is 0 Å². The van der Waals surface area contributed by atoms with Crippen molar-refractivity contribution >= 4 is 41.4 Å². The zero-order chi connectivity index (χ0) is 59.4. The minimum atomic E-state index is -2.31. The fraction of sp³-hybridized carbons (Fsp3) is 0.755. The minimum absolute atomic E-state index is 0.0275. The molecule has 1 aromatic rings. The number of nitroso groups, excluding NO2 is 1. The molecule has 3 aliphatic rings. The lowest BCUT2D eigenvalue weighted by molar-refractivity contribution is -0.148. The van der Waals surface area contributed by atoms with E-state index in [9.17, 15) is 79.3 Å². The van der Waals surface area contributed by atoms with Gasteiger partial charge in [0.2, 0.25) is 41.4 Å². The number of carbonyl (C=O) groups excluding carboxylic acids is 7. The maximum Gasteiger partial charge on any atom is 0.248 e. The second-order valence-corrected chi connectivity index (χ2v) is 21.9. The number of hydrogen-bond donors (Lipinski definition) is 15. The number of benzene rings is 1. The van der Waals surface area contributed by atoms with Crippen LogP contribution in [0.3, 0.4) is 0 Å². The number of aliphatic hydroxyl groups excluding tert-OH is 7. The second-order valence-electron chi connectivity index (χ2n) is 21.9. The number of carbonyl (C=O) groups is 7. The Morgan fingerprint density at radius 2 is 1.36 bits per heavy atom. The number of nitrogens with zero attached hydrogens (tertiary/aromatic N) is 4. The van der Waals surface area contributed by atoms with Crippen molar-refractivity contribution in [3.05, 3.63) is 34.7 Å². The first kappa shape index (κ1) is 66.9. The summed E-state index contributed by atoms with van der Waals surface area (Å²) < 4.78 is 0. The normalized spacial score (nSPS) is 28.1. The molecule has 16 atom stereocenters. The number of phenolic OH excluding ortho intramolecular Hbond substituents is 1.